The molecule has 0 aliphatic heterocycles. The quantitative estimate of drug-likeness (QED) is 0.630. The molecular formula is C17H29NO2S. The van der Waals surface area contributed by atoms with Crippen molar-refractivity contribution in [2.24, 2.45) is 5.73 Å². The maximum Gasteiger partial charge on any atom is 0.126 e. The van der Waals surface area contributed by atoms with Crippen molar-refractivity contribution in [3.63, 3.8) is 0 Å². The van der Waals surface area contributed by atoms with Crippen molar-refractivity contribution in [2.75, 3.05) is 25.2 Å². The smallest absolute Gasteiger partial charge is 0.126 e. The Morgan fingerprint density at radius 1 is 1.19 bits per heavy atom. The minimum atomic E-state index is 0.181. The molecule has 1 atom stereocenters. The number of thioether (sulfide) groups is 1. The molecule has 21 heavy (non-hydrogen) atoms. The van der Waals surface area contributed by atoms with Crippen LogP contribution in [-0.2, 0) is 6.42 Å². The molecule has 1 aromatic carbocycles. The lowest BCUT2D eigenvalue weighted by Gasteiger charge is -2.16. The predicted molar refractivity (Wildman–Crippen MR) is 92.7 cm³/mol. The van der Waals surface area contributed by atoms with E-state index in [-0.39, 0.29) is 6.04 Å². The van der Waals surface area contributed by atoms with E-state index in [0.717, 1.165) is 56.1 Å². The molecule has 0 aromatic heterocycles. The SMILES string of the molecule is CCCOc1ccc(CC(N)CC)c(OCCCSC)c1. The second kappa shape index (κ2) is 10.8. The Bertz CT molecular complexity index is 398. The molecule has 0 aliphatic carbocycles. The highest BCUT2D eigenvalue weighted by atomic mass is 32.2. The topological polar surface area (TPSA) is 44.5 Å². The Morgan fingerprint density at radius 2 is 2.00 bits per heavy atom. The molecule has 1 rings (SSSR count). The van der Waals surface area contributed by atoms with Gasteiger partial charge in [-0.3, -0.25) is 0 Å². The van der Waals surface area contributed by atoms with Crippen LogP contribution in [0.25, 0.3) is 0 Å². The molecule has 0 saturated carbocycles. The molecular weight excluding hydrogens is 282 g/mol. The second-order valence-electron chi connectivity index (χ2n) is 5.19. The first kappa shape index (κ1) is 18.2. The van der Waals surface area contributed by atoms with Gasteiger partial charge in [0.25, 0.3) is 0 Å². The fourth-order valence-electron chi connectivity index (χ4n) is 1.96. The first-order valence-corrected chi connectivity index (χ1v) is 9.23. The molecule has 0 aliphatic rings. The summed E-state index contributed by atoms with van der Waals surface area (Å²) in [5.41, 5.74) is 7.26. The molecule has 1 aromatic rings. The summed E-state index contributed by atoms with van der Waals surface area (Å²) in [5.74, 6) is 2.93. The monoisotopic (exact) mass is 311 g/mol. The van der Waals surface area contributed by atoms with Gasteiger partial charge in [0.2, 0.25) is 0 Å². The van der Waals surface area contributed by atoms with Crippen LogP contribution in [0.1, 0.15) is 38.7 Å². The van der Waals surface area contributed by atoms with Crippen molar-refractivity contribution in [3.8, 4) is 11.5 Å². The molecule has 0 radical (unpaired) electrons. The highest BCUT2D eigenvalue weighted by Crippen LogP contribution is 2.26. The Morgan fingerprint density at radius 3 is 2.67 bits per heavy atom. The molecule has 1 unspecified atom stereocenters. The Hall–Kier alpha value is -0.870. The highest BCUT2D eigenvalue weighted by Gasteiger charge is 2.10. The maximum atomic E-state index is 6.08. The van der Waals surface area contributed by atoms with Crippen LogP contribution in [0.4, 0.5) is 0 Å². The van der Waals surface area contributed by atoms with Crippen LogP contribution >= 0.6 is 11.8 Å². The van der Waals surface area contributed by atoms with Crippen LogP contribution < -0.4 is 15.2 Å². The minimum absolute atomic E-state index is 0.181. The number of nitrogens with two attached hydrogens (primary N) is 1. The fourth-order valence-corrected chi connectivity index (χ4v) is 2.37. The predicted octanol–water partition coefficient (Wildman–Crippen LogP) is 3.89. The third-order valence-electron chi connectivity index (χ3n) is 3.27. The summed E-state index contributed by atoms with van der Waals surface area (Å²) in [6.07, 6.45) is 6.00. The lowest BCUT2D eigenvalue weighted by molar-refractivity contribution is 0.299. The summed E-state index contributed by atoms with van der Waals surface area (Å²) < 4.78 is 11.7. The van der Waals surface area contributed by atoms with Gasteiger partial charge < -0.3 is 15.2 Å². The van der Waals surface area contributed by atoms with Gasteiger partial charge in [-0.25, -0.2) is 0 Å². The Balaban J connectivity index is 2.74. The van der Waals surface area contributed by atoms with Crippen LogP contribution in [0.5, 0.6) is 11.5 Å². The average molecular weight is 311 g/mol. The zero-order chi connectivity index (χ0) is 15.5. The number of hydrogen-bond donors (Lipinski definition) is 1. The summed E-state index contributed by atoms with van der Waals surface area (Å²) in [7, 11) is 0. The van der Waals surface area contributed by atoms with E-state index in [2.05, 4.69) is 26.2 Å². The maximum absolute atomic E-state index is 6.08. The number of rotatable bonds is 11. The Kier molecular flexibility index (Phi) is 9.35. The molecule has 0 fully saturated rings. The van der Waals surface area contributed by atoms with Crippen molar-refractivity contribution in [3.05, 3.63) is 23.8 Å². The molecule has 0 heterocycles. The van der Waals surface area contributed by atoms with Gasteiger partial charge in [0.1, 0.15) is 11.5 Å². The van der Waals surface area contributed by atoms with Gasteiger partial charge in [-0.05, 0) is 49.3 Å². The summed E-state index contributed by atoms with van der Waals surface area (Å²) in [6.45, 7) is 5.70. The van der Waals surface area contributed by atoms with Gasteiger partial charge in [0.15, 0.2) is 0 Å². The molecule has 4 heteroatoms. The third-order valence-corrected chi connectivity index (χ3v) is 3.97. The lowest BCUT2D eigenvalue weighted by atomic mass is 10.0. The van der Waals surface area contributed by atoms with E-state index < -0.39 is 0 Å². The van der Waals surface area contributed by atoms with E-state index in [9.17, 15) is 0 Å². The summed E-state index contributed by atoms with van der Waals surface area (Å²) in [6, 6.07) is 6.29. The van der Waals surface area contributed by atoms with Gasteiger partial charge >= 0.3 is 0 Å². The van der Waals surface area contributed by atoms with E-state index in [1.807, 2.05) is 23.9 Å². The first-order chi connectivity index (χ1) is 10.2. The van der Waals surface area contributed by atoms with E-state index in [0.29, 0.717) is 0 Å². The van der Waals surface area contributed by atoms with E-state index in [4.69, 9.17) is 15.2 Å². The average Bonchev–Trinajstić information content (AvgIpc) is 2.51. The standard InChI is InChI=1S/C17H29NO2S/c1-4-9-19-16-8-7-14(12-15(18)5-2)17(13-16)20-10-6-11-21-3/h7-8,13,15H,4-6,9-12,18H2,1-3H3. The highest BCUT2D eigenvalue weighted by molar-refractivity contribution is 7.98. The van der Waals surface area contributed by atoms with Crippen LogP contribution in [0, 0.1) is 0 Å². The molecule has 0 saturated heterocycles. The molecule has 120 valence electrons. The van der Waals surface area contributed by atoms with Crippen molar-refractivity contribution in [1.29, 1.82) is 0 Å². The minimum Gasteiger partial charge on any atom is -0.493 e. The van der Waals surface area contributed by atoms with E-state index >= 15 is 0 Å². The Labute approximate surface area is 133 Å². The normalized spacial score (nSPS) is 12.2. The molecule has 0 spiro atoms. The summed E-state index contributed by atoms with van der Waals surface area (Å²) >= 11 is 1.84. The third kappa shape index (κ3) is 7.09. The van der Waals surface area contributed by atoms with Gasteiger partial charge in [0, 0.05) is 12.1 Å². The largest absolute Gasteiger partial charge is 0.493 e. The van der Waals surface area contributed by atoms with Gasteiger partial charge in [-0.2, -0.15) is 11.8 Å². The van der Waals surface area contributed by atoms with Gasteiger partial charge in [-0.1, -0.05) is 19.9 Å². The van der Waals surface area contributed by atoms with Crippen LogP contribution in [0.3, 0.4) is 0 Å². The number of ether oxygens (including phenoxy) is 2. The zero-order valence-electron chi connectivity index (χ0n) is 13.6. The molecule has 0 amide bonds. The first-order valence-electron chi connectivity index (χ1n) is 7.84. The van der Waals surface area contributed by atoms with Crippen molar-refractivity contribution >= 4 is 11.8 Å². The van der Waals surface area contributed by atoms with E-state index in [1.54, 1.807) is 0 Å². The van der Waals surface area contributed by atoms with E-state index in [1.165, 1.54) is 5.56 Å². The van der Waals surface area contributed by atoms with Crippen molar-refractivity contribution in [2.45, 2.75) is 45.6 Å². The summed E-state index contributed by atoms with van der Waals surface area (Å²) in [5, 5.41) is 0. The van der Waals surface area contributed by atoms with Crippen LogP contribution in [0.2, 0.25) is 0 Å². The second-order valence-corrected chi connectivity index (χ2v) is 6.17. The van der Waals surface area contributed by atoms with Gasteiger partial charge in [0.05, 0.1) is 13.2 Å². The number of benzene rings is 1. The number of hydrogen-bond acceptors (Lipinski definition) is 4. The molecule has 0 bridgehead atoms. The zero-order valence-corrected chi connectivity index (χ0v) is 14.4. The van der Waals surface area contributed by atoms with Crippen LogP contribution in [0.15, 0.2) is 18.2 Å². The lowest BCUT2D eigenvalue weighted by Crippen LogP contribution is -2.21. The summed E-state index contributed by atoms with van der Waals surface area (Å²) in [4.78, 5) is 0. The fraction of sp³-hybridized carbons (Fsp3) is 0.647. The molecule has 3 nitrogen and oxygen atoms in total. The van der Waals surface area contributed by atoms with Crippen molar-refractivity contribution < 1.29 is 9.47 Å². The van der Waals surface area contributed by atoms with Crippen LogP contribution in [-0.4, -0.2) is 31.3 Å². The molecule has 2 N–H and O–H groups in total. The van der Waals surface area contributed by atoms with Gasteiger partial charge in [-0.15, -0.1) is 0 Å². The van der Waals surface area contributed by atoms with Crippen molar-refractivity contribution in [1.82, 2.24) is 0 Å².